The van der Waals surface area contributed by atoms with Gasteiger partial charge in [0.15, 0.2) is 0 Å². The van der Waals surface area contributed by atoms with Gasteiger partial charge in [0.25, 0.3) is 0 Å². The van der Waals surface area contributed by atoms with E-state index in [1.165, 1.54) is 0 Å². The molecule has 0 saturated carbocycles. The number of halogens is 1. The lowest BCUT2D eigenvalue weighted by Gasteiger charge is -2.10. The molecule has 2 aromatic carbocycles. The first-order valence-corrected chi connectivity index (χ1v) is 7.68. The van der Waals surface area contributed by atoms with Crippen LogP contribution in [0.15, 0.2) is 51.7 Å². The number of hydrogen-bond donors (Lipinski definition) is 1. The first kappa shape index (κ1) is 16.1. The SMILES string of the molecule is Cc1c(Cc2cccc(N)c2)c(=O)oc2cc(OCCF)ccc12. The number of nitrogens with two attached hydrogens (primary N) is 1. The summed E-state index contributed by atoms with van der Waals surface area (Å²) in [6.45, 7) is 1.30. The summed E-state index contributed by atoms with van der Waals surface area (Å²) in [5.74, 6) is 0.478. The Hall–Kier alpha value is -2.82. The van der Waals surface area contributed by atoms with Crippen molar-refractivity contribution in [2.45, 2.75) is 13.3 Å². The van der Waals surface area contributed by atoms with Crippen molar-refractivity contribution in [1.82, 2.24) is 0 Å². The topological polar surface area (TPSA) is 65.5 Å². The van der Waals surface area contributed by atoms with E-state index in [0.717, 1.165) is 16.5 Å². The Morgan fingerprint density at radius 2 is 2.04 bits per heavy atom. The highest BCUT2D eigenvalue weighted by Gasteiger charge is 2.13. The summed E-state index contributed by atoms with van der Waals surface area (Å²) < 4.78 is 22.9. The van der Waals surface area contributed by atoms with Crippen LogP contribution in [0.2, 0.25) is 0 Å². The van der Waals surface area contributed by atoms with E-state index in [0.29, 0.717) is 29.0 Å². The van der Waals surface area contributed by atoms with Gasteiger partial charge in [-0.15, -0.1) is 0 Å². The minimum Gasteiger partial charge on any atom is -0.491 e. The Kier molecular flexibility index (Phi) is 4.51. The molecule has 0 aliphatic rings. The highest BCUT2D eigenvalue weighted by molar-refractivity contribution is 5.82. The molecule has 0 aliphatic heterocycles. The lowest BCUT2D eigenvalue weighted by Crippen LogP contribution is -2.11. The van der Waals surface area contributed by atoms with Crippen LogP contribution in [-0.2, 0) is 6.42 Å². The molecule has 24 heavy (non-hydrogen) atoms. The third-order valence-corrected chi connectivity index (χ3v) is 3.94. The number of benzene rings is 2. The fraction of sp³-hybridized carbons (Fsp3) is 0.211. The minimum absolute atomic E-state index is 0.0256. The van der Waals surface area contributed by atoms with Gasteiger partial charge in [0.05, 0.1) is 0 Å². The third kappa shape index (κ3) is 3.25. The van der Waals surface area contributed by atoms with Crippen molar-refractivity contribution in [2.75, 3.05) is 19.0 Å². The molecule has 0 spiro atoms. The highest BCUT2D eigenvalue weighted by Crippen LogP contribution is 2.25. The zero-order chi connectivity index (χ0) is 17.1. The van der Waals surface area contributed by atoms with Crippen LogP contribution in [0, 0.1) is 6.92 Å². The molecule has 0 radical (unpaired) electrons. The molecular formula is C19H18FNO3. The second-order valence-electron chi connectivity index (χ2n) is 5.61. The molecule has 3 aromatic rings. The summed E-state index contributed by atoms with van der Waals surface area (Å²) >= 11 is 0. The van der Waals surface area contributed by atoms with Gasteiger partial charge in [-0.25, -0.2) is 9.18 Å². The van der Waals surface area contributed by atoms with Gasteiger partial charge < -0.3 is 14.9 Å². The fourth-order valence-electron chi connectivity index (χ4n) is 2.73. The third-order valence-electron chi connectivity index (χ3n) is 3.94. The number of ether oxygens (including phenoxy) is 1. The van der Waals surface area contributed by atoms with Crippen molar-refractivity contribution in [3.8, 4) is 5.75 Å². The Morgan fingerprint density at radius 3 is 2.79 bits per heavy atom. The van der Waals surface area contributed by atoms with Crippen LogP contribution in [0.3, 0.4) is 0 Å². The Morgan fingerprint density at radius 1 is 1.21 bits per heavy atom. The fourth-order valence-corrected chi connectivity index (χ4v) is 2.73. The maximum Gasteiger partial charge on any atom is 0.340 e. The molecule has 2 N–H and O–H groups in total. The quantitative estimate of drug-likeness (QED) is 0.574. The standard InChI is InChI=1S/C19H18FNO3/c1-12-16-6-5-15(23-8-7-20)11-18(16)24-19(22)17(12)10-13-3-2-4-14(21)9-13/h2-6,9,11H,7-8,10,21H2,1H3. The number of aryl methyl sites for hydroxylation is 1. The molecule has 124 valence electrons. The molecule has 1 heterocycles. The predicted molar refractivity (Wildman–Crippen MR) is 92.4 cm³/mol. The predicted octanol–water partition coefficient (Wildman–Crippen LogP) is 3.62. The maximum absolute atomic E-state index is 12.4. The Labute approximate surface area is 138 Å². The first-order chi connectivity index (χ1) is 11.6. The molecule has 0 unspecified atom stereocenters. The van der Waals surface area contributed by atoms with Gasteiger partial charge in [-0.05, 0) is 42.3 Å². The van der Waals surface area contributed by atoms with E-state index in [-0.39, 0.29) is 12.2 Å². The Bertz CT molecular complexity index is 934. The molecule has 5 heteroatoms. The van der Waals surface area contributed by atoms with Gasteiger partial charge in [0.1, 0.15) is 24.6 Å². The molecule has 0 atom stereocenters. The van der Waals surface area contributed by atoms with Crippen molar-refractivity contribution in [1.29, 1.82) is 0 Å². The second kappa shape index (κ2) is 6.74. The number of alkyl halides is 1. The van der Waals surface area contributed by atoms with Crippen LogP contribution in [0.25, 0.3) is 11.0 Å². The summed E-state index contributed by atoms with van der Waals surface area (Å²) in [6, 6.07) is 12.6. The maximum atomic E-state index is 12.4. The van der Waals surface area contributed by atoms with Crippen molar-refractivity contribution >= 4 is 16.7 Å². The summed E-state index contributed by atoms with van der Waals surface area (Å²) in [4.78, 5) is 12.4. The number of fused-ring (bicyclic) bond motifs is 1. The molecule has 0 saturated heterocycles. The molecule has 0 amide bonds. The first-order valence-electron chi connectivity index (χ1n) is 7.68. The zero-order valence-electron chi connectivity index (χ0n) is 13.3. The largest absolute Gasteiger partial charge is 0.491 e. The van der Waals surface area contributed by atoms with Crippen LogP contribution in [0.1, 0.15) is 16.7 Å². The second-order valence-corrected chi connectivity index (χ2v) is 5.61. The lowest BCUT2D eigenvalue weighted by molar-refractivity contribution is 0.273. The molecule has 1 aromatic heterocycles. The van der Waals surface area contributed by atoms with Crippen LogP contribution in [-0.4, -0.2) is 13.3 Å². The van der Waals surface area contributed by atoms with E-state index >= 15 is 0 Å². The highest BCUT2D eigenvalue weighted by atomic mass is 19.1. The van der Waals surface area contributed by atoms with Crippen molar-refractivity contribution in [3.05, 3.63) is 69.6 Å². The van der Waals surface area contributed by atoms with E-state index in [2.05, 4.69) is 0 Å². The molecule has 0 aliphatic carbocycles. The van der Waals surface area contributed by atoms with E-state index in [1.807, 2.05) is 31.2 Å². The molecule has 4 nitrogen and oxygen atoms in total. The van der Waals surface area contributed by atoms with Crippen LogP contribution in [0.4, 0.5) is 10.1 Å². The van der Waals surface area contributed by atoms with Crippen molar-refractivity contribution < 1.29 is 13.5 Å². The molecular weight excluding hydrogens is 309 g/mol. The summed E-state index contributed by atoms with van der Waals surface area (Å²) in [5.41, 5.74) is 8.92. The van der Waals surface area contributed by atoms with Crippen LogP contribution < -0.4 is 16.1 Å². The molecule has 0 bridgehead atoms. The number of anilines is 1. The van der Waals surface area contributed by atoms with Gasteiger partial charge in [0.2, 0.25) is 0 Å². The summed E-state index contributed by atoms with van der Waals surface area (Å²) in [6.07, 6.45) is 0.454. The van der Waals surface area contributed by atoms with Crippen LogP contribution >= 0.6 is 0 Å². The number of rotatable bonds is 5. The number of hydrogen-bond acceptors (Lipinski definition) is 4. The van der Waals surface area contributed by atoms with E-state index in [4.69, 9.17) is 14.9 Å². The van der Waals surface area contributed by atoms with E-state index in [9.17, 15) is 9.18 Å². The smallest absolute Gasteiger partial charge is 0.340 e. The van der Waals surface area contributed by atoms with E-state index in [1.54, 1.807) is 18.2 Å². The summed E-state index contributed by atoms with van der Waals surface area (Å²) in [7, 11) is 0. The van der Waals surface area contributed by atoms with Gasteiger partial charge in [-0.3, -0.25) is 0 Å². The number of nitrogen functional groups attached to an aromatic ring is 1. The van der Waals surface area contributed by atoms with Crippen molar-refractivity contribution in [2.24, 2.45) is 0 Å². The zero-order valence-corrected chi connectivity index (χ0v) is 13.3. The van der Waals surface area contributed by atoms with Gasteiger partial charge in [0, 0.05) is 29.1 Å². The average molecular weight is 327 g/mol. The lowest BCUT2D eigenvalue weighted by atomic mass is 9.99. The Balaban J connectivity index is 2.02. The van der Waals surface area contributed by atoms with Gasteiger partial charge in [-0.1, -0.05) is 12.1 Å². The molecule has 3 rings (SSSR count). The molecule has 0 fully saturated rings. The monoisotopic (exact) mass is 327 g/mol. The van der Waals surface area contributed by atoms with Crippen molar-refractivity contribution in [3.63, 3.8) is 0 Å². The van der Waals surface area contributed by atoms with Crippen LogP contribution in [0.5, 0.6) is 5.75 Å². The average Bonchev–Trinajstić information content (AvgIpc) is 2.56. The van der Waals surface area contributed by atoms with Gasteiger partial charge in [-0.2, -0.15) is 0 Å². The normalized spacial score (nSPS) is 10.9. The summed E-state index contributed by atoms with van der Waals surface area (Å²) in [5, 5.41) is 0.834. The minimum atomic E-state index is -0.569. The van der Waals surface area contributed by atoms with E-state index < -0.39 is 6.67 Å². The van der Waals surface area contributed by atoms with Gasteiger partial charge >= 0.3 is 5.63 Å².